The highest BCUT2D eigenvalue weighted by atomic mass is 32.2. The zero-order chi connectivity index (χ0) is 25.7. The lowest BCUT2D eigenvalue weighted by molar-refractivity contribution is 0.0685. The monoisotopic (exact) mass is 508 g/mol. The molecule has 0 atom stereocenters. The van der Waals surface area contributed by atoms with E-state index >= 15 is 0 Å². The standard InChI is InChI=1S/C13H18O4S.C13H18O2S/c1-3-4-5-9-18(16,17)12-8-6-7-11(10(12)2)13(14)15;1-3-4-5-9-16-12-8-6-7-11(10(12)2)13(14)15/h6-8H,3-5,9H2,1-2H3,(H,14,15);6-8H,3-5,9H2,1-2H3,(H,14,15). The average Bonchev–Trinajstić information content (AvgIpc) is 2.78. The summed E-state index contributed by atoms with van der Waals surface area (Å²) < 4.78 is 24.2. The molecule has 6 nitrogen and oxygen atoms in total. The predicted molar refractivity (Wildman–Crippen MR) is 138 cm³/mol. The lowest BCUT2D eigenvalue weighted by Gasteiger charge is -2.09. The number of thioether (sulfide) groups is 1. The fourth-order valence-corrected chi connectivity index (χ4v) is 6.11. The molecular formula is C26H36O6S2. The van der Waals surface area contributed by atoms with E-state index < -0.39 is 21.8 Å². The molecule has 0 aromatic heterocycles. The molecule has 0 unspecified atom stereocenters. The summed E-state index contributed by atoms with van der Waals surface area (Å²) in [6, 6.07) is 9.85. The van der Waals surface area contributed by atoms with Gasteiger partial charge in [-0.25, -0.2) is 18.0 Å². The molecule has 0 aliphatic carbocycles. The number of sulfone groups is 1. The SMILES string of the molecule is CCCCCS(=O)(=O)c1cccc(C(=O)O)c1C.CCCCCSc1cccc(C(=O)O)c1C. The first-order valence-electron chi connectivity index (χ1n) is 11.6. The summed E-state index contributed by atoms with van der Waals surface area (Å²) in [5.74, 6) is -0.797. The second-order valence-electron chi connectivity index (χ2n) is 8.05. The average molecular weight is 509 g/mol. The zero-order valence-corrected chi connectivity index (χ0v) is 22.1. The Bertz CT molecular complexity index is 1060. The highest BCUT2D eigenvalue weighted by Crippen LogP contribution is 2.26. The third kappa shape index (κ3) is 9.14. The van der Waals surface area contributed by atoms with E-state index in [-0.39, 0.29) is 16.2 Å². The number of unbranched alkanes of at least 4 members (excludes halogenated alkanes) is 4. The van der Waals surface area contributed by atoms with E-state index in [0.717, 1.165) is 29.1 Å². The van der Waals surface area contributed by atoms with Crippen LogP contribution in [0.15, 0.2) is 46.2 Å². The molecule has 0 heterocycles. The normalized spacial score (nSPS) is 10.9. The first-order chi connectivity index (χ1) is 16.1. The van der Waals surface area contributed by atoms with Gasteiger partial charge in [0, 0.05) is 4.90 Å². The minimum absolute atomic E-state index is 0.0477. The van der Waals surface area contributed by atoms with Crippen LogP contribution >= 0.6 is 11.8 Å². The minimum atomic E-state index is -3.38. The van der Waals surface area contributed by atoms with Crippen LogP contribution in [0.2, 0.25) is 0 Å². The maximum Gasteiger partial charge on any atom is 0.335 e. The number of aromatic carboxylic acids is 2. The van der Waals surface area contributed by atoms with Crippen LogP contribution in [0, 0.1) is 13.8 Å². The van der Waals surface area contributed by atoms with Gasteiger partial charge in [0.05, 0.1) is 21.8 Å². The van der Waals surface area contributed by atoms with Crippen LogP contribution in [0.4, 0.5) is 0 Å². The van der Waals surface area contributed by atoms with Crippen LogP contribution < -0.4 is 0 Å². The van der Waals surface area contributed by atoms with Gasteiger partial charge in [-0.3, -0.25) is 0 Å². The Labute approximate surface area is 207 Å². The van der Waals surface area contributed by atoms with Crippen molar-refractivity contribution in [2.24, 2.45) is 0 Å². The number of hydrogen-bond acceptors (Lipinski definition) is 5. The van der Waals surface area contributed by atoms with Gasteiger partial charge in [-0.15, -0.1) is 11.8 Å². The fraction of sp³-hybridized carbons (Fsp3) is 0.462. The number of benzene rings is 2. The molecule has 0 spiro atoms. The van der Waals surface area contributed by atoms with Gasteiger partial charge in [0.1, 0.15) is 0 Å². The van der Waals surface area contributed by atoms with E-state index in [9.17, 15) is 18.0 Å². The minimum Gasteiger partial charge on any atom is -0.478 e. The van der Waals surface area contributed by atoms with Gasteiger partial charge in [-0.2, -0.15) is 0 Å². The Hall–Kier alpha value is -2.32. The lowest BCUT2D eigenvalue weighted by atomic mass is 10.1. The molecule has 34 heavy (non-hydrogen) atoms. The number of carboxylic acid groups (broad SMARTS) is 2. The molecule has 0 fully saturated rings. The van der Waals surface area contributed by atoms with Gasteiger partial charge in [0.2, 0.25) is 0 Å². The largest absolute Gasteiger partial charge is 0.478 e. The molecule has 2 aromatic carbocycles. The summed E-state index contributed by atoms with van der Waals surface area (Å²) >= 11 is 1.76. The van der Waals surface area contributed by atoms with Crippen LogP contribution in [0.5, 0.6) is 0 Å². The van der Waals surface area contributed by atoms with Crippen molar-refractivity contribution in [3.8, 4) is 0 Å². The van der Waals surface area contributed by atoms with E-state index in [4.69, 9.17) is 10.2 Å². The summed E-state index contributed by atoms with van der Waals surface area (Å²) in [5.41, 5.74) is 1.67. The Morgan fingerprint density at radius 1 is 0.794 bits per heavy atom. The van der Waals surface area contributed by atoms with Crippen LogP contribution in [0.25, 0.3) is 0 Å². The molecule has 0 saturated heterocycles. The van der Waals surface area contributed by atoms with Gasteiger partial charge in [-0.1, -0.05) is 51.7 Å². The van der Waals surface area contributed by atoms with E-state index in [1.165, 1.54) is 44.4 Å². The maximum atomic E-state index is 12.1. The Morgan fingerprint density at radius 2 is 1.32 bits per heavy atom. The van der Waals surface area contributed by atoms with E-state index in [1.807, 2.05) is 26.0 Å². The first-order valence-corrected chi connectivity index (χ1v) is 14.2. The molecular weight excluding hydrogens is 472 g/mol. The summed E-state index contributed by atoms with van der Waals surface area (Å²) in [5, 5.41) is 18.0. The molecule has 2 aromatic rings. The third-order valence-corrected chi connectivity index (χ3v) is 8.57. The number of carboxylic acids is 2. The third-order valence-electron chi connectivity index (χ3n) is 5.39. The summed E-state index contributed by atoms with van der Waals surface area (Å²) in [6.45, 7) is 7.60. The van der Waals surface area contributed by atoms with E-state index in [0.29, 0.717) is 17.5 Å². The van der Waals surface area contributed by atoms with Crippen molar-refractivity contribution >= 4 is 33.5 Å². The van der Waals surface area contributed by atoms with Gasteiger partial charge < -0.3 is 10.2 Å². The van der Waals surface area contributed by atoms with Crippen molar-refractivity contribution in [1.29, 1.82) is 0 Å². The Morgan fingerprint density at radius 3 is 1.88 bits per heavy atom. The quantitative estimate of drug-likeness (QED) is 0.244. The topological polar surface area (TPSA) is 109 Å². The van der Waals surface area contributed by atoms with Crippen LogP contribution in [-0.2, 0) is 9.84 Å². The van der Waals surface area contributed by atoms with Crippen molar-refractivity contribution in [1.82, 2.24) is 0 Å². The van der Waals surface area contributed by atoms with Crippen molar-refractivity contribution in [2.45, 2.75) is 76.0 Å². The van der Waals surface area contributed by atoms with E-state index in [1.54, 1.807) is 17.8 Å². The van der Waals surface area contributed by atoms with E-state index in [2.05, 4.69) is 6.92 Å². The number of carbonyl (C=O) groups is 2. The molecule has 2 rings (SSSR count). The lowest BCUT2D eigenvalue weighted by Crippen LogP contribution is -2.11. The first kappa shape index (κ1) is 29.7. The maximum absolute atomic E-state index is 12.1. The zero-order valence-electron chi connectivity index (χ0n) is 20.5. The predicted octanol–water partition coefficient (Wildman–Crippen LogP) is 6.63. The molecule has 188 valence electrons. The Kier molecular flexibility index (Phi) is 13.0. The molecule has 0 aliphatic heterocycles. The fourth-order valence-electron chi connectivity index (χ4n) is 3.37. The van der Waals surface area contributed by atoms with Gasteiger partial charge in [0.15, 0.2) is 9.84 Å². The number of rotatable bonds is 12. The van der Waals surface area contributed by atoms with Crippen molar-refractivity contribution in [3.05, 3.63) is 58.7 Å². The number of hydrogen-bond donors (Lipinski definition) is 2. The second-order valence-corrected chi connectivity index (χ2v) is 11.3. The summed E-state index contributed by atoms with van der Waals surface area (Å²) in [6.07, 6.45) is 6.06. The second kappa shape index (κ2) is 14.8. The summed E-state index contributed by atoms with van der Waals surface area (Å²) in [4.78, 5) is 23.1. The van der Waals surface area contributed by atoms with Crippen molar-refractivity contribution in [2.75, 3.05) is 11.5 Å². The molecule has 0 amide bonds. The highest BCUT2D eigenvalue weighted by Gasteiger charge is 2.20. The highest BCUT2D eigenvalue weighted by molar-refractivity contribution is 7.99. The van der Waals surface area contributed by atoms with Crippen LogP contribution in [0.3, 0.4) is 0 Å². The molecule has 2 N–H and O–H groups in total. The van der Waals surface area contributed by atoms with Crippen molar-refractivity contribution in [3.63, 3.8) is 0 Å². The molecule has 0 aliphatic rings. The molecule has 0 bridgehead atoms. The van der Waals surface area contributed by atoms with Crippen molar-refractivity contribution < 1.29 is 28.2 Å². The van der Waals surface area contributed by atoms with Gasteiger partial charge in [-0.05, 0) is 67.8 Å². The molecule has 0 radical (unpaired) electrons. The summed E-state index contributed by atoms with van der Waals surface area (Å²) in [7, 11) is -3.38. The molecule has 8 heteroatoms. The van der Waals surface area contributed by atoms with Gasteiger partial charge in [0.25, 0.3) is 0 Å². The van der Waals surface area contributed by atoms with Crippen LogP contribution in [0.1, 0.15) is 84.2 Å². The molecule has 0 saturated carbocycles. The van der Waals surface area contributed by atoms with Crippen LogP contribution in [-0.4, -0.2) is 42.1 Å². The van der Waals surface area contributed by atoms with Gasteiger partial charge >= 0.3 is 11.9 Å². The Balaban J connectivity index is 0.000000342. The smallest absolute Gasteiger partial charge is 0.335 e.